The van der Waals surface area contributed by atoms with Crippen molar-refractivity contribution in [1.82, 2.24) is 24.9 Å². The molecule has 1 N–H and O–H groups in total. The zero-order valence-corrected chi connectivity index (χ0v) is 17.0. The van der Waals surface area contributed by atoms with E-state index in [1.807, 2.05) is 24.0 Å². The van der Waals surface area contributed by atoms with Crippen molar-refractivity contribution in [3.05, 3.63) is 18.0 Å². The van der Waals surface area contributed by atoms with Gasteiger partial charge in [0.1, 0.15) is 0 Å². The number of likely N-dealkylation sites (tertiary alicyclic amines) is 1. The van der Waals surface area contributed by atoms with Gasteiger partial charge in [-0.3, -0.25) is 9.58 Å². The van der Waals surface area contributed by atoms with Crippen LogP contribution >= 0.6 is 24.0 Å². The molecule has 0 amide bonds. The van der Waals surface area contributed by atoms with Gasteiger partial charge in [0.15, 0.2) is 5.96 Å². The lowest BCUT2D eigenvalue weighted by Gasteiger charge is -2.32. The number of morpholine rings is 1. The van der Waals surface area contributed by atoms with Crippen molar-refractivity contribution < 1.29 is 4.74 Å². The minimum atomic E-state index is 0. The molecule has 1 unspecified atom stereocenters. The average molecular weight is 448 g/mol. The zero-order valence-electron chi connectivity index (χ0n) is 14.6. The summed E-state index contributed by atoms with van der Waals surface area (Å²) >= 11 is 0. The summed E-state index contributed by atoms with van der Waals surface area (Å²) in [4.78, 5) is 9.76. The van der Waals surface area contributed by atoms with Gasteiger partial charge in [-0.1, -0.05) is 0 Å². The number of aryl methyl sites for hydroxylation is 1. The number of rotatable bonds is 4. The molecule has 0 spiro atoms. The number of guanidine groups is 1. The lowest BCUT2D eigenvalue weighted by Crippen LogP contribution is -2.46. The first-order chi connectivity index (χ1) is 11.3. The molecule has 0 aliphatic carbocycles. The van der Waals surface area contributed by atoms with E-state index < -0.39 is 0 Å². The smallest absolute Gasteiger partial charge is 0.194 e. The number of nitrogens with one attached hydrogen (secondary N) is 1. The Balaban J connectivity index is 0.00000208. The van der Waals surface area contributed by atoms with Crippen LogP contribution in [0.1, 0.15) is 19.0 Å². The summed E-state index contributed by atoms with van der Waals surface area (Å²) in [6, 6.07) is 2.65. The summed E-state index contributed by atoms with van der Waals surface area (Å²) in [7, 11) is 1.96. The van der Waals surface area contributed by atoms with E-state index in [1.54, 1.807) is 0 Å². The Labute approximate surface area is 161 Å². The molecule has 2 fully saturated rings. The largest absolute Gasteiger partial charge is 0.379 e. The van der Waals surface area contributed by atoms with Crippen molar-refractivity contribution in [1.29, 1.82) is 0 Å². The topological polar surface area (TPSA) is 57.9 Å². The Morgan fingerprint density at radius 2 is 2.17 bits per heavy atom. The van der Waals surface area contributed by atoms with E-state index in [2.05, 4.69) is 27.1 Å². The molecule has 7 nitrogen and oxygen atoms in total. The summed E-state index contributed by atoms with van der Waals surface area (Å²) in [6.07, 6.45) is 3.03. The number of ether oxygens (including phenoxy) is 1. The van der Waals surface area contributed by atoms with Crippen molar-refractivity contribution in [3.63, 3.8) is 0 Å². The lowest BCUT2D eigenvalue weighted by atomic mass is 10.2. The van der Waals surface area contributed by atoms with E-state index in [-0.39, 0.29) is 24.0 Å². The Morgan fingerprint density at radius 1 is 1.38 bits per heavy atom. The summed E-state index contributed by atoms with van der Waals surface area (Å²) in [6.45, 7) is 9.64. The van der Waals surface area contributed by atoms with E-state index >= 15 is 0 Å². The first kappa shape index (κ1) is 19.5. The SMILES string of the molecule is CCNC(=NCc1ccnn1C)N1CCC(N2CCOCC2)C1.I. The van der Waals surface area contributed by atoms with Crippen LogP contribution in [-0.4, -0.2) is 77.5 Å². The van der Waals surface area contributed by atoms with Gasteiger partial charge < -0.3 is 15.0 Å². The van der Waals surface area contributed by atoms with Crippen molar-refractivity contribution in [3.8, 4) is 0 Å². The maximum atomic E-state index is 5.46. The zero-order chi connectivity index (χ0) is 16.1. The van der Waals surface area contributed by atoms with Crippen molar-refractivity contribution >= 4 is 29.9 Å². The maximum absolute atomic E-state index is 5.46. The van der Waals surface area contributed by atoms with Gasteiger partial charge >= 0.3 is 0 Å². The summed E-state index contributed by atoms with van der Waals surface area (Å²) in [5, 5.41) is 7.64. The van der Waals surface area contributed by atoms with E-state index in [0.29, 0.717) is 12.6 Å². The Hall–Kier alpha value is -0.870. The van der Waals surface area contributed by atoms with Crippen LogP contribution in [0.15, 0.2) is 17.3 Å². The van der Waals surface area contributed by atoms with Gasteiger partial charge in [0, 0.05) is 52.0 Å². The van der Waals surface area contributed by atoms with Crippen molar-refractivity contribution in [2.24, 2.45) is 12.0 Å². The van der Waals surface area contributed by atoms with Gasteiger partial charge in [-0.15, -0.1) is 24.0 Å². The predicted octanol–water partition coefficient (Wildman–Crippen LogP) is 0.910. The van der Waals surface area contributed by atoms with E-state index in [1.165, 1.54) is 6.42 Å². The molecule has 24 heavy (non-hydrogen) atoms. The second-order valence-electron chi connectivity index (χ2n) is 6.15. The predicted molar refractivity (Wildman–Crippen MR) is 106 cm³/mol. The highest BCUT2D eigenvalue weighted by Gasteiger charge is 2.30. The second kappa shape index (κ2) is 9.57. The van der Waals surface area contributed by atoms with Gasteiger partial charge in [0.25, 0.3) is 0 Å². The van der Waals surface area contributed by atoms with E-state index in [0.717, 1.165) is 57.6 Å². The molecule has 0 radical (unpaired) electrons. The highest BCUT2D eigenvalue weighted by Crippen LogP contribution is 2.17. The summed E-state index contributed by atoms with van der Waals surface area (Å²) in [5.41, 5.74) is 1.13. The minimum Gasteiger partial charge on any atom is -0.379 e. The van der Waals surface area contributed by atoms with Gasteiger partial charge in [-0.2, -0.15) is 5.10 Å². The van der Waals surface area contributed by atoms with Crippen LogP contribution in [0.5, 0.6) is 0 Å². The molecule has 136 valence electrons. The van der Waals surface area contributed by atoms with Crippen LogP contribution in [0.3, 0.4) is 0 Å². The number of halogens is 1. The first-order valence-corrected chi connectivity index (χ1v) is 8.60. The fourth-order valence-corrected chi connectivity index (χ4v) is 3.31. The molecular formula is C16H29IN6O. The van der Waals surface area contributed by atoms with E-state index in [9.17, 15) is 0 Å². The fourth-order valence-electron chi connectivity index (χ4n) is 3.31. The molecule has 2 aliphatic heterocycles. The minimum absolute atomic E-state index is 0. The Morgan fingerprint density at radius 3 is 2.83 bits per heavy atom. The summed E-state index contributed by atoms with van der Waals surface area (Å²) < 4.78 is 7.35. The lowest BCUT2D eigenvalue weighted by molar-refractivity contribution is 0.0195. The highest BCUT2D eigenvalue weighted by molar-refractivity contribution is 14.0. The molecule has 0 saturated carbocycles. The Bertz CT molecular complexity index is 528. The standard InChI is InChI=1S/C16H28N6O.HI/c1-3-17-16(18-12-14-4-6-19-20(14)2)22-7-5-15(13-22)21-8-10-23-11-9-21;/h4,6,15H,3,5,7-13H2,1-2H3,(H,17,18);1H. The molecular weight excluding hydrogens is 419 g/mol. The summed E-state index contributed by atoms with van der Waals surface area (Å²) in [5.74, 6) is 1.02. The number of nitrogens with zero attached hydrogens (tertiary/aromatic N) is 5. The first-order valence-electron chi connectivity index (χ1n) is 8.60. The maximum Gasteiger partial charge on any atom is 0.194 e. The van der Waals surface area contributed by atoms with Gasteiger partial charge in [-0.25, -0.2) is 4.99 Å². The fraction of sp³-hybridized carbons (Fsp3) is 0.750. The van der Waals surface area contributed by atoms with Crippen LogP contribution in [0.4, 0.5) is 0 Å². The molecule has 1 aromatic rings. The highest BCUT2D eigenvalue weighted by atomic mass is 127. The van der Waals surface area contributed by atoms with Crippen LogP contribution < -0.4 is 5.32 Å². The average Bonchev–Trinajstić information content (AvgIpc) is 3.22. The second-order valence-corrected chi connectivity index (χ2v) is 6.15. The number of aliphatic imine (C=N–C) groups is 1. The third-order valence-electron chi connectivity index (χ3n) is 4.67. The van der Waals surface area contributed by atoms with Gasteiger partial charge in [0.2, 0.25) is 0 Å². The normalized spacial score (nSPS) is 22.5. The van der Waals surface area contributed by atoms with Crippen LogP contribution in [0.25, 0.3) is 0 Å². The molecule has 3 rings (SSSR count). The van der Waals surface area contributed by atoms with Crippen LogP contribution in [0, 0.1) is 0 Å². The molecule has 0 aromatic carbocycles. The molecule has 3 heterocycles. The molecule has 2 saturated heterocycles. The number of hydrogen-bond acceptors (Lipinski definition) is 4. The van der Waals surface area contributed by atoms with Gasteiger partial charge in [-0.05, 0) is 19.4 Å². The molecule has 2 aliphatic rings. The molecule has 1 atom stereocenters. The van der Waals surface area contributed by atoms with Gasteiger partial charge in [0.05, 0.1) is 25.5 Å². The number of hydrogen-bond donors (Lipinski definition) is 1. The van der Waals surface area contributed by atoms with Crippen LogP contribution in [-0.2, 0) is 18.3 Å². The van der Waals surface area contributed by atoms with Crippen molar-refractivity contribution in [2.75, 3.05) is 45.9 Å². The molecule has 1 aromatic heterocycles. The number of aromatic nitrogens is 2. The quantitative estimate of drug-likeness (QED) is 0.422. The third kappa shape index (κ3) is 4.82. The van der Waals surface area contributed by atoms with Crippen molar-refractivity contribution in [2.45, 2.75) is 25.9 Å². The monoisotopic (exact) mass is 448 g/mol. The Kier molecular flexibility index (Phi) is 7.76. The third-order valence-corrected chi connectivity index (χ3v) is 4.67. The van der Waals surface area contributed by atoms with Crippen LogP contribution in [0.2, 0.25) is 0 Å². The molecule has 8 heteroatoms. The molecule has 0 bridgehead atoms. The van der Waals surface area contributed by atoms with E-state index in [4.69, 9.17) is 9.73 Å².